The van der Waals surface area contributed by atoms with Crippen molar-refractivity contribution in [1.29, 1.82) is 0 Å². The Balaban J connectivity index is 2.33. The topological polar surface area (TPSA) is 70.6 Å². The van der Waals surface area contributed by atoms with E-state index >= 15 is 0 Å². The highest BCUT2D eigenvalue weighted by molar-refractivity contribution is 7.80. The number of carbonyl (C=O) groups is 1. The molecule has 1 fully saturated rings. The van der Waals surface area contributed by atoms with Crippen LogP contribution in [0.3, 0.4) is 0 Å². The molecule has 1 aromatic rings. The lowest BCUT2D eigenvalue weighted by Crippen LogP contribution is -2.21. The minimum absolute atomic E-state index is 0.0500. The van der Waals surface area contributed by atoms with Crippen LogP contribution in [0.15, 0.2) is 23.9 Å². The van der Waals surface area contributed by atoms with Gasteiger partial charge in [-0.25, -0.2) is 0 Å². The molecule has 5 nitrogen and oxygen atoms in total. The summed E-state index contributed by atoms with van der Waals surface area (Å²) >= 11 is 4.81. The van der Waals surface area contributed by atoms with Crippen molar-refractivity contribution in [2.75, 3.05) is 7.11 Å². The van der Waals surface area contributed by atoms with E-state index in [4.69, 9.17) is 17.0 Å². The number of phenolic OH excluding ortho intramolecular Hbond substituents is 1. The van der Waals surface area contributed by atoms with Crippen molar-refractivity contribution in [2.24, 2.45) is 0 Å². The molecular formula is C11H10N2O3S. The molecule has 0 unspecified atom stereocenters. The Bertz CT molecular complexity index is 525. The van der Waals surface area contributed by atoms with Gasteiger partial charge in [-0.2, -0.15) is 0 Å². The van der Waals surface area contributed by atoms with Gasteiger partial charge in [-0.1, -0.05) is 6.07 Å². The van der Waals surface area contributed by atoms with Crippen molar-refractivity contribution in [3.63, 3.8) is 0 Å². The minimum atomic E-state index is -0.276. The second-order valence-corrected chi connectivity index (χ2v) is 3.81. The molecule has 0 atom stereocenters. The van der Waals surface area contributed by atoms with Crippen molar-refractivity contribution in [1.82, 2.24) is 10.6 Å². The van der Waals surface area contributed by atoms with Gasteiger partial charge in [0.1, 0.15) is 5.70 Å². The van der Waals surface area contributed by atoms with Crippen LogP contribution in [0, 0.1) is 0 Å². The van der Waals surface area contributed by atoms with E-state index in [-0.39, 0.29) is 16.8 Å². The molecule has 17 heavy (non-hydrogen) atoms. The van der Waals surface area contributed by atoms with Gasteiger partial charge < -0.3 is 15.2 Å². The van der Waals surface area contributed by atoms with Gasteiger partial charge in [0.25, 0.3) is 5.91 Å². The zero-order chi connectivity index (χ0) is 12.4. The molecule has 88 valence electrons. The van der Waals surface area contributed by atoms with Crippen molar-refractivity contribution in [3.8, 4) is 11.5 Å². The van der Waals surface area contributed by atoms with Crippen LogP contribution < -0.4 is 15.4 Å². The summed E-state index contributed by atoms with van der Waals surface area (Å²) in [5, 5.41) is 14.9. The SMILES string of the molecule is COc1cc(/C=C2/NC(=S)NC2=O)ccc1O. The minimum Gasteiger partial charge on any atom is -0.504 e. The van der Waals surface area contributed by atoms with Crippen molar-refractivity contribution < 1.29 is 14.6 Å². The largest absolute Gasteiger partial charge is 0.504 e. The highest BCUT2D eigenvalue weighted by Gasteiger charge is 2.19. The molecule has 2 rings (SSSR count). The van der Waals surface area contributed by atoms with Gasteiger partial charge in [0, 0.05) is 0 Å². The number of rotatable bonds is 2. The first kappa shape index (κ1) is 11.4. The van der Waals surface area contributed by atoms with E-state index in [9.17, 15) is 9.90 Å². The number of hydrogen-bond donors (Lipinski definition) is 3. The Morgan fingerprint density at radius 2 is 2.18 bits per heavy atom. The lowest BCUT2D eigenvalue weighted by Gasteiger charge is -2.04. The normalized spacial score (nSPS) is 16.9. The Kier molecular flexibility index (Phi) is 2.97. The predicted molar refractivity (Wildman–Crippen MR) is 66.5 cm³/mol. The monoisotopic (exact) mass is 250 g/mol. The van der Waals surface area contributed by atoms with Gasteiger partial charge in [-0.05, 0) is 36.0 Å². The first-order valence-electron chi connectivity index (χ1n) is 4.81. The van der Waals surface area contributed by atoms with Gasteiger partial charge >= 0.3 is 0 Å². The standard InChI is InChI=1S/C11H10N2O3S/c1-16-9-5-6(2-3-8(9)14)4-7-10(15)13-11(17)12-7/h2-5,14H,1H3,(H2,12,13,15,17)/b7-4+. The van der Waals surface area contributed by atoms with E-state index in [0.29, 0.717) is 11.4 Å². The van der Waals surface area contributed by atoms with E-state index in [1.165, 1.54) is 13.2 Å². The van der Waals surface area contributed by atoms with E-state index in [2.05, 4.69) is 10.6 Å². The fourth-order valence-corrected chi connectivity index (χ4v) is 1.64. The van der Waals surface area contributed by atoms with Crippen LogP contribution in [-0.2, 0) is 4.79 Å². The average Bonchev–Trinajstić information content (AvgIpc) is 2.60. The van der Waals surface area contributed by atoms with Crippen LogP contribution in [0.5, 0.6) is 11.5 Å². The predicted octanol–water partition coefficient (Wildman–Crippen LogP) is 0.746. The van der Waals surface area contributed by atoms with E-state index < -0.39 is 0 Å². The zero-order valence-electron chi connectivity index (χ0n) is 8.98. The summed E-state index contributed by atoms with van der Waals surface area (Å²) in [7, 11) is 1.46. The molecule has 1 aromatic carbocycles. The Hall–Kier alpha value is -2.08. The molecule has 0 spiro atoms. The number of methoxy groups -OCH3 is 1. The fourth-order valence-electron chi connectivity index (χ4n) is 1.43. The average molecular weight is 250 g/mol. The molecule has 1 amide bonds. The number of ether oxygens (including phenoxy) is 1. The summed E-state index contributed by atoms with van der Waals surface area (Å²) in [6.45, 7) is 0. The lowest BCUT2D eigenvalue weighted by atomic mass is 10.1. The van der Waals surface area contributed by atoms with Crippen LogP contribution in [0.25, 0.3) is 6.08 Å². The Labute approximate surface area is 103 Å². The van der Waals surface area contributed by atoms with Crippen LogP contribution in [0.2, 0.25) is 0 Å². The molecule has 0 aliphatic carbocycles. The first-order chi connectivity index (χ1) is 8.10. The number of nitrogens with one attached hydrogen (secondary N) is 2. The summed E-state index contributed by atoms with van der Waals surface area (Å²) in [4.78, 5) is 11.4. The van der Waals surface area contributed by atoms with Crippen LogP contribution in [0.4, 0.5) is 0 Å². The number of aromatic hydroxyl groups is 1. The summed E-state index contributed by atoms with van der Waals surface area (Å²) in [5.74, 6) is 0.122. The Morgan fingerprint density at radius 1 is 1.41 bits per heavy atom. The number of amides is 1. The third-order valence-corrected chi connectivity index (χ3v) is 2.44. The van der Waals surface area contributed by atoms with Gasteiger partial charge in [-0.15, -0.1) is 0 Å². The van der Waals surface area contributed by atoms with Crippen LogP contribution in [-0.4, -0.2) is 23.2 Å². The molecule has 3 N–H and O–H groups in total. The molecule has 0 bridgehead atoms. The molecule has 0 saturated carbocycles. The van der Waals surface area contributed by atoms with Gasteiger partial charge in [0.15, 0.2) is 16.6 Å². The highest BCUT2D eigenvalue weighted by Crippen LogP contribution is 2.27. The maximum Gasteiger partial charge on any atom is 0.273 e. The fraction of sp³-hybridized carbons (Fsp3) is 0.0909. The van der Waals surface area contributed by atoms with E-state index in [1.807, 2.05) is 0 Å². The number of carbonyl (C=O) groups excluding carboxylic acids is 1. The lowest BCUT2D eigenvalue weighted by molar-refractivity contribution is -0.115. The van der Waals surface area contributed by atoms with Gasteiger partial charge in [-0.3, -0.25) is 10.1 Å². The van der Waals surface area contributed by atoms with Crippen LogP contribution >= 0.6 is 12.2 Å². The maximum absolute atomic E-state index is 11.4. The third kappa shape index (κ3) is 2.36. The second kappa shape index (κ2) is 4.42. The summed E-state index contributed by atoms with van der Waals surface area (Å²) in [6, 6.07) is 4.79. The number of phenols is 1. The van der Waals surface area contributed by atoms with Crippen LogP contribution in [0.1, 0.15) is 5.56 Å². The molecule has 0 aromatic heterocycles. The molecule has 6 heteroatoms. The molecule has 0 radical (unpaired) electrons. The van der Waals surface area contributed by atoms with Gasteiger partial charge in [0.05, 0.1) is 7.11 Å². The van der Waals surface area contributed by atoms with Crippen molar-refractivity contribution in [2.45, 2.75) is 0 Å². The summed E-state index contributed by atoms with van der Waals surface area (Å²) in [6.07, 6.45) is 1.62. The van der Waals surface area contributed by atoms with Crippen molar-refractivity contribution >= 4 is 29.3 Å². The number of benzene rings is 1. The Morgan fingerprint density at radius 3 is 2.76 bits per heavy atom. The van der Waals surface area contributed by atoms with E-state index in [1.54, 1.807) is 18.2 Å². The summed E-state index contributed by atoms with van der Waals surface area (Å²) in [5.41, 5.74) is 1.09. The van der Waals surface area contributed by atoms with Gasteiger partial charge in [0.2, 0.25) is 0 Å². The van der Waals surface area contributed by atoms with E-state index in [0.717, 1.165) is 5.56 Å². The molecule has 1 aliphatic heterocycles. The first-order valence-corrected chi connectivity index (χ1v) is 5.22. The quantitative estimate of drug-likeness (QED) is 0.533. The smallest absolute Gasteiger partial charge is 0.273 e. The molecule has 1 heterocycles. The zero-order valence-corrected chi connectivity index (χ0v) is 9.80. The molecule has 1 aliphatic rings. The molecule has 1 saturated heterocycles. The number of thiocarbonyl (C=S) groups is 1. The molecular weight excluding hydrogens is 240 g/mol. The maximum atomic E-state index is 11.4. The number of hydrogen-bond acceptors (Lipinski definition) is 4. The summed E-state index contributed by atoms with van der Waals surface area (Å²) < 4.78 is 4.97. The second-order valence-electron chi connectivity index (χ2n) is 3.40. The third-order valence-electron chi connectivity index (χ3n) is 2.23. The van der Waals surface area contributed by atoms with Crippen molar-refractivity contribution in [3.05, 3.63) is 29.5 Å². The highest BCUT2D eigenvalue weighted by atomic mass is 32.1.